The van der Waals surface area contributed by atoms with E-state index in [0.29, 0.717) is 24.0 Å². The third-order valence-corrected chi connectivity index (χ3v) is 4.13. The minimum atomic E-state index is -1.01. The number of hydrogen-bond donors (Lipinski definition) is 2. The lowest BCUT2D eigenvalue weighted by Gasteiger charge is -2.21. The van der Waals surface area contributed by atoms with Gasteiger partial charge in [-0.05, 0) is 60.5 Å². The number of unbranched alkanes of at least 4 members (excludes halogenated alkanes) is 2. The van der Waals surface area contributed by atoms with E-state index in [0.717, 1.165) is 12.8 Å². The number of carboxylic acids is 2. The molecule has 152 valence electrons. The molecule has 0 amide bonds. The average Bonchev–Trinajstić information content (AvgIpc) is 2.60. The molecule has 1 unspecified atom stereocenters. The van der Waals surface area contributed by atoms with Crippen molar-refractivity contribution in [3.63, 3.8) is 0 Å². The highest BCUT2D eigenvalue weighted by atomic mass is 16.5. The Bertz CT molecular complexity index is 616. The molecule has 7 heteroatoms. The summed E-state index contributed by atoms with van der Waals surface area (Å²) in [6.45, 7) is 4.88. The SMILES string of the molecule is CC=C(CCCCC=C(C)C(=O)O)C(=O)OCC(C=C(C)C(=O)O)N(C)C. The van der Waals surface area contributed by atoms with Gasteiger partial charge in [0.2, 0.25) is 0 Å². The van der Waals surface area contributed by atoms with Crippen molar-refractivity contribution in [1.82, 2.24) is 4.90 Å². The summed E-state index contributed by atoms with van der Waals surface area (Å²) in [5.74, 6) is -2.34. The number of ether oxygens (including phenoxy) is 1. The Labute approximate surface area is 161 Å². The summed E-state index contributed by atoms with van der Waals surface area (Å²) in [5, 5.41) is 17.8. The van der Waals surface area contributed by atoms with Gasteiger partial charge in [-0.1, -0.05) is 18.2 Å². The van der Waals surface area contributed by atoms with Crippen LogP contribution in [0.4, 0.5) is 0 Å². The summed E-state index contributed by atoms with van der Waals surface area (Å²) in [4.78, 5) is 35.7. The summed E-state index contributed by atoms with van der Waals surface area (Å²) in [5.41, 5.74) is 1.08. The van der Waals surface area contributed by atoms with Crippen molar-refractivity contribution in [2.45, 2.75) is 52.5 Å². The van der Waals surface area contributed by atoms with Crippen molar-refractivity contribution in [2.75, 3.05) is 20.7 Å². The lowest BCUT2D eigenvalue weighted by atomic mass is 10.1. The number of carbonyl (C=O) groups excluding carboxylic acids is 1. The van der Waals surface area contributed by atoms with Crippen LogP contribution >= 0.6 is 0 Å². The molecule has 0 aliphatic heterocycles. The summed E-state index contributed by atoms with van der Waals surface area (Å²) < 4.78 is 5.35. The Hall–Kier alpha value is -2.41. The van der Waals surface area contributed by atoms with Crippen LogP contribution < -0.4 is 0 Å². The Balaban J connectivity index is 4.55. The number of carboxylic acid groups (broad SMARTS) is 2. The molecule has 0 fully saturated rings. The molecule has 0 heterocycles. The van der Waals surface area contributed by atoms with Gasteiger partial charge in [-0.25, -0.2) is 14.4 Å². The van der Waals surface area contributed by atoms with E-state index in [1.54, 1.807) is 51.1 Å². The normalized spacial score (nSPS) is 14.2. The van der Waals surface area contributed by atoms with Gasteiger partial charge in [0.15, 0.2) is 0 Å². The topological polar surface area (TPSA) is 104 Å². The van der Waals surface area contributed by atoms with E-state index in [1.807, 2.05) is 0 Å². The second-order valence-electron chi connectivity index (χ2n) is 6.54. The van der Waals surface area contributed by atoms with E-state index in [1.165, 1.54) is 6.92 Å². The van der Waals surface area contributed by atoms with Gasteiger partial charge >= 0.3 is 17.9 Å². The number of allylic oxidation sites excluding steroid dienone is 2. The maximum Gasteiger partial charge on any atom is 0.333 e. The number of nitrogens with zero attached hydrogens (tertiary/aromatic N) is 1. The maximum atomic E-state index is 12.2. The summed E-state index contributed by atoms with van der Waals surface area (Å²) in [6.07, 6.45) is 7.65. The molecule has 7 nitrogen and oxygen atoms in total. The molecular formula is C20H31NO6. The van der Waals surface area contributed by atoms with Crippen molar-refractivity contribution < 1.29 is 29.3 Å². The number of likely N-dealkylation sites (N-methyl/N-ethyl adjacent to an activating group) is 1. The van der Waals surface area contributed by atoms with Gasteiger partial charge in [-0.2, -0.15) is 0 Å². The molecular weight excluding hydrogens is 350 g/mol. The standard InChI is InChI=1S/C20H31NO6/c1-6-16(11-9-7-8-10-14(2)18(22)23)20(26)27-13-17(21(4)5)12-15(3)19(24)25/h6,10,12,17H,7-9,11,13H2,1-5H3,(H,22,23)(H,24,25). The van der Waals surface area contributed by atoms with Gasteiger partial charge in [-0.3, -0.25) is 4.90 Å². The van der Waals surface area contributed by atoms with Crippen LogP contribution in [0.5, 0.6) is 0 Å². The summed E-state index contributed by atoms with van der Waals surface area (Å²) >= 11 is 0. The molecule has 1 atom stereocenters. The van der Waals surface area contributed by atoms with Gasteiger partial charge in [0.25, 0.3) is 0 Å². The van der Waals surface area contributed by atoms with Crippen molar-refractivity contribution in [3.8, 4) is 0 Å². The fraction of sp³-hybridized carbons (Fsp3) is 0.550. The van der Waals surface area contributed by atoms with Crippen LogP contribution in [-0.4, -0.2) is 59.8 Å². The van der Waals surface area contributed by atoms with Crippen LogP contribution in [0.2, 0.25) is 0 Å². The number of carbonyl (C=O) groups is 3. The molecule has 0 bridgehead atoms. The molecule has 0 aliphatic carbocycles. The number of esters is 1. The first-order chi connectivity index (χ1) is 12.6. The van der Waals surface area contributed by atoms with E-state index >= 15 is 0 Å². The molecule has 0 aromatic carbocycles. The molecule has 0 radical (unpaired) electrons. The van der Waals surface area contributed by atoms with E-state index in [4.69, 9.17) is 14.9 Å². The third-order valence-electron chi connectivity index (χ3n) is 4.13. The van der Waals surface area contributed by atoms with Crippen LogP contribution in [0.1, 0.15) is 46.5 Å². The molecule has 27 heavy (non-hydrogen) atoms. The maximum absolute atomic E-state index is 12.2. The quantitative estimate of drug-likeness (QED) is 0.304. The molecule has 2 N–H and O–H groups in total. The van der Waals surface area contributed by atoms with Crippen molar-refractivity contribution in [2.24, 2.45) is 0 Å². The van der Waals surface area contributed by atoms with E-state index in [2.05, 4.69) is 0 Å². The lowest BCUT2D eigenvalue weighted by Crippen LogP contribution is -2.32. The monoisotopic (exact) mass is 381 g/mol. The predicted molar refractivity (Wildman–Crippen MR) is 103 cm³/mol. The Kier molecular flexibility index (Phi) is 11.7. The van der Waals surface area contributed by atoms with Crippen LogP contribution in [-0.2, 0) is 19.1 Å². The molecule has 0 aromatic heterocycles. The summed E-state index contributed by atoms with van der Waals surface area (Å²) in [6, 6.07) is -0.327. The van der Waals surface area contributed by atoms with Gasteiger partial charge in [0, 0.05) is 16.7 Å². The van der Waals surface area contributed by atoms with E-state index in [9.17, 15) is 14.4 Å². The first-order valence-corrected chi connectivity index (χ1v) is 8.90. The molecule has 0 saturated carbocycles. The third kappa shape index (κ3) is 10.4. The first kappa shape index (κ1) is 24.6. The highest BCUT2D eigenvalue weighted by Crippen LogP contribution is 2.13. The molecule has 0 aliphatic rings. The van der Waals surface area contributed by atoms with Gasteiger partial charge < -0.3 is 14.9 Å². The Morgan fingerprint density at radius 2 is 1.63 bits per heavy atom. The molecule has 0 spiro atoms. The first-order valence-electron chi connectivity index (χ1n) is 8.90. The van der Waals surface area contributed by atoms with E-state index in [-0.39, 0.29) is 18.2 Å². The van der Waals surface area contributed by atoms with E-state index < -0.39 is 17.9 Å². The van der Waals surface area contributed by atoms with Gasteiger partial charge in [0.1, 0.15) is 6.61 Å². The fourth-order valence-corrected chi connectivity index (χ4v) is 2.19. The van der Waals surface area contributed by atoms with Crippen LogP contribution in [0.25, 0.3) is 0 Å². The zero-order valence-electron chi connectivity index (χ0n) is 16.8. The highest BCUT2D eigenvalue weighted by molar-refractivity contribution is 5.88. The zero-order valence-corrected chi connectivity index (χ0v) is 16.8. The molecule has 0 aromatic rings. The Morgan fingerprint density at radius 3 is 2.11 bits per heavy atom. The average molecular weight is 381 g/mol. The largest absolute Gasteiger partial charge is 0.478 e. The second-order valence-corrected chi connectivity index (χ2v) is 6.54. The lowest BCUT2D eigenvalue weighted by molar-refractivity contribution is -0.140. The van der Waals surface area contributed by atoms with Crippen molar-refractivity contribution >= 4 is 17.9 Å². The van der Waals surface area contributed by atoms with Crippen LogP contribution in [0, 0.1) is 0 Å². The zero-order chi connectivity index (χ0) is 21.0. The summed E-state index contributed by atoms with van der Waals surface area (Å²) in [7, 11) is 3.57. The number of rotatable bonds is 12. The van der Waals surface area contributed by atoms with Gasteiger partial charge in [0.05, 0.1) is 6.04 Å². The molecule has 0 rings (SSSR count). The fourth-order valence-electron chi connectivity index (χ4n) is 2.19. The minimum absolute atomic E-state index is 0.0638. The van der Waals surface area contributed by atoms with Gasteiger partial charge in [-0.15, -0.1) is 0 Å². The minimum Gasteiger partial charge on any atom is -0.478 e. The van der Waals surface area contributed by atoms with Crippen molar-refractivity contribution in [3.05, 3.63) is 34.9 Å². The van der Waals surface area contributed by atoms with Crippen LogP contribution in [0.15, 0.2) is 34.9 Å². The predicted octanol–water partition coefficient (Wildman–Crippen LogP) is 3.03. The van der Waals surface area contributed by atoms with Crippen molar-refractivity contribution in [1.29, 1.82) is 0 Å². The van der Waals surface area contributed by atoms with Crippen LogP contribution in [0.3, 0.4) is 0 Å². The highest BCUT2D eigenvalue weighted by Gasteiger charge is 2.16. The smallest absolute Gasteiger partial charge is 0.333 e. The Morgan fingerprint density at radius 1 is 1.04 bits per heavy atom. The molecule has 0 saturated heterocycles. The second kappa shape index (κ2) is 12.9. The number of aliphatic carboxylic acids is 2. The number of hydrogen-bond acceptors (Lipinski definition) is 5.